The second kappa shape index (κ2) is 7.80. The highest BCUT2D eigenvalue weighted by Crippen LogP contribution is 2.33. The van der Waals surface area contributed by atoms with Gasteiger partial charge < -0.3 is 9.88 Å². The van der Waals surface area contributed by atoms with E-state index >= 15 is 0 Å². The highest BCUT2D eigenvalue weighted by atomic mass is 32.2. The van der Waals surface area contributed by atoms with Crippen molar-refractivity contribution in [2.75, 3.05) is 18.8 Å². The van der Waals surface area contributed by atoms with Crippen molar-refractivity contribution in [2.45, 2.75) is 30.8 Å². The summed E-state index contributed by atoms with van der Waals surface area (Å²) in [6, 6.07) is 14.4. The third-order valence-corrected chi connectivity index (χ3v) is 7.44. The fraction of sp³-hybridized carbons (Fsp3) is 0.318. The highest BCUT2D eigenvalue weighted by molar-refractivity contribution is 7.99. The molecule has 2 aromatic carbocycles. The Morgan fingerprint density at radius 1 is 1.24 bits per heavy atom. The number of amides is 1. The quantitative estimate of drug-likeness (QED) is 0.471. The van der Waals surface area contributed by atoms with Crippen LogP contribution < -0.4 is 0 Å². The average Bonchev–Trinajstić information content (AvgIpc) is 3.35. The Morgan fingerprint density at radius 3 is 3.03 bits per heavy atom. The SMILES string of the molecule is Cc1ccc2nc(SCC(=O)N3CCC[C@H](c4nc5ccccc5s4)C3)[nH]c2c1. The van der Waals surface area contributed by atoms with Gasteiger partial charge in [0, 0.05) is 19.0 Å². The maximum Gasteiger partial charge on any atom is 0.233 e. The lowest BCUT2D eigenvalue weighted by Crippen LogP contribution is -2.40. The third kappa shape index (κ3) is 3.89. The summed E-state index contributed by atoms with van der Waals surface area (Å²) in [6.45, 7) is 3.66. The molecule has 1 atom stereocenters. The zero-order valence-electron chi connectivity index (χ0n) is 16.2. The number of fused-ring (bicyclic) bond motifs is 2. The standard InChI is InChI=1S/C22H22N4OS2/c1-14-8-9-16-18(11-14)25-22(24-16)28-13-20(27)26-10-4-5-15(12-26)21-23-17-6-2-3-7-19(17)29-21/h2-3,6-9,11,15H,4-5,10,12-13H2,1H3,(H,24,25)/t15-/m0/s1. The molecule has 1 saturated heterocycles. The van der Waals surface area contributed by atoms with Crippen LogP contribution in [0.25, 0.3) is 21.3 Å². The molecule has 2 aromatic heterocycles. The first kappa shape index (κ1) is 18.6. The molecule has 4 aromatic rings. The van der Waals surface area contributed by atoms with Crippen molar-refractivity contribution >= 4 is 50.3 Å². The molecule has 29 heavy (non-hydrogen) atoms. The van der Waals surface area contributed by atoms with Gasteiger partial charge in [-0.3, -0.25) is 4.79 Å². The Labute approximate surface area is 177 Å². The Kier molecular flexibility index (Phi) is 5.01. The molecule has 0 unspecified atom stereocenters. The Bertz CT molecular complexity index is 1150. The molecule has 0 saturated carbocycles. The van der Waals surface area contributed by atoms with Crippen LogP contribution in [0.4, 0.5) is 0 Å². The topological polar surface area (TPSA) is 61.9 Å². The largest absolute Gasteiger partial charge is 0.341 e. The number of carbonyl (C=O) groups is 1. The molecule has 0 aliphatic carbocycles. The van der Waals surface area contributed by atoms with E-state index in [9.17, 15) is 4.79 Å². The summed E-state index contributed by atoms with van der Waals surface area (Å²) in [4.78, 5) is 27.6. The summed E-state index contributed by atoms with van der Waals surface area (Å²) in [5.74, 6) is 0.924. The van der Waals surface area contributed by atoms with Gasteiger partial charge in [-0.15, -0.1) is 11.3 Å². The number of imidazole rings is 1. The second-order valence-electron chi connectivity index (χ2n) is 7.55. The molecule has 3 heterocycles. The Hall–Kier alpha value is -2.38. The van der Waals surface area contributed by atoms with E-state index in [1.54, 1.807) is 11.3 Å². The summed E-state index contributed by atoms with van der Waals surface area (Å²) in [7, 11) is 0. The average molecular weight is 423 g/mol. The smallest absolute Gasteiger partial charge is 0.233 e. The Balaban J connectivity index is 1.24. The van der Waals surface area contributed by atoms with Crippen molar-refractivity contribution in [3.05, 3.63) is 53.0 Å². The van der Waals surface area contributed by atoms with Gasteiger partial charge in [0.15, 0.2) is 5.16 Å². The lowest BCUT2D eigenvalue weighted by Gasteiger charge is -2.31. The molecule has 1 amide bonds. The van der Waals surface area contributed by atoms with E-state index in [2.05, 4.69) is 47.2 Å². The number of hydrogen-bond acceptors (Lipinski definition) is 5. The van der Waals surface area contributed by atoms with Crippen LogP contribution in [0, 0.1) is 6.92 Å². The molecule has 1 N–H and O–H groups in total. The van der Waals surface area contributed by atoms with Gasteiger partial charge in [-0.2, -0.15) is 0 Å². The first-order valence-electron chi connectivity index (χ1n) is 9.88. The predicted molar refractivity (Wildman–Crippen MR) is 120 cm³/mol. The van der Waals surface area contributed by atoms with Crippen LogP contribution in [0.15, 0.2) is 47.6 Å². The van der Waals surface area contributed by atoms with Crippen molar-refractivity contribution in [3.63, 3.8) is 0 Å². The van der Waals surface area contributed by atoms with Crippen molar-refractivity contribution in [3.8, 4) is 0 Å². The minimum Gasteiger partial charge on any atom is -0.341 e. The van der Waals surface area contributed by atoms with Crippen LogP contribution in [0.2, 0.25) is 0 Å². The lowest BCUT2D eigenvalue weighted by atomic mass is 9.99. The zero-order chi connectivity index (χ0) is 19.8. The van der Waals surface area contributed by atoms with Gasteiger partial charge >= 0.3 is 0 Å². The fourth-order valence-corrected chi connectivity index (χ4v) is 5.74. The number of nitrogens with zero attached hydrogens (tertiary/aromatic N) is 3. The number of aryl methyl sites for hydroxylation is 1. The van der Waals surface area contributed by atoms with Gasteiger partial charge in [-0.25, -0.2) is 9.97 Å². The predicted octanol–water partition coefficient (Wildman–Crippen LogP) is 4.98. The summed E-state index contributed by atoms with van der Waals surface area (Å²) in [5, 5.41) is 1.96. The molecule has 1 aliphatic rings. The van der Waals surface area contributed by atoms with Gasteiger partial charge in [0.2, 0.25) is 5.91 Å². The first-order valence-corrected chi connectivity index (χ1v) is 11.7. The molecule has 0 radical (unpaired) electrons. The van der Waals surface area contributed by atoms with E-state index in [-0.39, 0.29) is 5.91 Å². The molecule has 0 spiro atoms. The van der Waals surface area contributed by atoms with Crippen LogP contribution in [0.1, 0.15) is 29.3 Å². The van der Waals surface area contributed by atoms with Crippen molar-refractivity contribution in [1.29, 1.82) is 0 Å². The minimum absolute atomic E-state index is 0.178. The van der Waals surface area contributed by atoms with E-state index in [0.29, 0.717) is 11.7 Å². The summed E-state index contributed by atoms with van der Waals surface area (Å²) >= 11 is 3.25. The molecule has 7 heteroatoms. The van der Waals surface area contributed by atoms with Gasteiger partial charge in [0.1, 0.15) is 0 Å². The van der Waals surface area contributed by atoms with Crippen molar-refractivity contribution < 1.29 is 4.79 Å². The van der Waals surface area contributed by atoms with E-state index < -0.39 is 0 Å². The number of hydrogen-bond donors (Lipinski definition) is 1. The molecule has 5 rings (SSSR count). The van der Waals surface area contributed by atoms with Gasteiger partial charge in [0.05, 0.1) is 32.0 Å². The summed E-state index contributed by atoms with van der Waals surface area (Å²) in [6.07, 6.45) is 2.13. The fourth-order valence-electron chi connectivity index (χ4n) is 3.86. The summed E-state index contributed by atoms with van der Waals surface area (Å²) < 4.78 is 1.22. The van der Waals surface area contributed by atoms with E-state index in [1.807, 2.05) is 17.0 Å². The monoisotopic (exact) mass is 422 g/mol. The number of likely N-dealkylation sites (tertiary alicyclic amines) is 1. The van der Waals surface area contributed by atoms with Crippen LogP contribution in [0.5, 0.6) is 0 Å². The Morgan fingerprint density at radius 2 is 2.14 bits per heavy atom. The van der Waals surface area contributed by atoms with Crippen LogP contribution in [-0.4, -0.2) is 44.6 Å². The molecule has 1 fully saturated rings. The number of thiazole rings is 1. The third-order valence-electron chi connectivity index (χ3n) is 5.38. The number of para-hydroxylation sites is 1. The number of aromatic nitrogens is 3. The minimum atomic E-state index is 0.178. The lowest BCUT2D eigenvalue weighted by molar-refractivity contribution is -0.129. The number of aromatic amines is 1. The molecule has 148 valence electrons. The number of thioether (sulfide) groups is 1. The van der Waals surface area contributed by atoms with Gasteiger partial charge in [0.25, 0.3) is 0 Å². The summed E-state index contributed by atoms with van der Waals surface area (Å²) in [5.41, 5.74) is 4.22. The number of carbonyl (C=O) groups excluding carboxylic acids is 1. The first-order chi connectivity index (χ1) is 14.2. The number of nitrogens with one attached hydrogen (secondary N) is 1. The van der Waals surface area contributed by atoms with Gasteiger partial charge in [-0.05, 0) is 49.6 Å². The van der Waals surface area contributed by atoms with Crippen LogP contribution >= 0.6 is 23.1 Å². The maximum atomic E-state index is 12.8. The molecular formula is C22H22N4OS2. The number of piperidine rings is 1. The van der Waals surface area contributed by atoms with Crippen LogP contribution in [-0.2, 0) is 4.79 Å². The maximum absolute atomic E-state index is 12.8. The highest BCUT2D eigenvalue weighted by Gasteiger charge is 2.27. The second-order valence-corrected chi connectivity index (χ2v) is 9.58. The zero-order valence-corrected chi connectivity index (χ0v) is 17.9. The van der Waals surface area contributed by atoms with E-state index in [4.69, 9.17) is 4.98 Å². The number of H-pyrrole nitrogens is 1. The number of rotatable bonds is 4. The molecular weight excluding hydrogens is 400 g/mol. The van der Waals surface area contributed by atoms with Crippen molar-refractivity contribution in [1.82, 2.24) is 19.9 Å². The van der Waals surface area contributed by atoms with Gasteiger partial charge in [-0.1, -0.05) is 30.0 Å². The van der Waals surface area contributed by atoms with E-state index in [1.165, 1.54) is 22.0 Å². The van der Waals surface area contributed by atoms with Crippen LogP contribution in [0.3, 0.4) is 0 Å². The van der Waals surface area contributed by atoms with E-state index in [0.717, 1.165) is 52.6 Å². The number of benzene rings is 2. The normalized spacial score (nSPS) is 17.3. The molecule has 5 nitrogen and oxygen atoms in total. The van der Waals surface area contributed by atoms with Crippen molar-refractivity contribution in [2.24, 2.45) is 0 Å². The molecule has 0 bridgehead atoms. The molecule has 1 aliphatic heterocycles.